The number of aromatic nitrogens is 1. The second-order valence-corrected chi connectivity index (χ2v) is 11.5. The Kier molecular flexibility index (Phi) is 9.00. The summed E-state index contributed by atoms with van der Waals surface area (Å²) in [6.07, 6.45) is 0.587. The van der Waals surface area contributed by atoms with Gasteiger partial charge in [-0.05, 0) is 68.9 Å². The molecule has 3 aliphatic heterocycles. The first-order valence-corrected chi connectivity index (χ1v) is 14.5. The molecule has 1 aromatic heterocycles. The molecule has 4 heterocycles. The van der Waals surface area contributed by atoms with Crippen molar-refractivity contribution in [3.05, 3.63) is 47.7 Å². The minimum absolute atomic E-state index is 0.122. The van der Waals surface area contributed by atoms with E-state index in [0.29, 0.717) is 49.4 Å². The van der Waals surface area contributed by atoms with E-state index in [4.69, 9.17) is 5.26 Å². The Balaban J connectivity index is 1.08. The highest BCUT2D eigenvalue weighted by Gasteiger charge is 2.35. The third-order valence-electron chi connectivity index (χ3n) is 8.77. The van der Waals surface area contributed by atoms with Gasteiger partial charge in [0.1, 0.15) is 5.82 Å². The first kappa shape index (κ1) is 29.1. The van der Waals surface area contributed by atoms with Crippen molar-refractivity contribution in [2.24, 2.45) is 11.8 Å². The van der Waals surface area contributed by atoms with Gasteiger partial charge in [-0.3, -0.25) is 9.69 Å². The molecule has 1 atom stereocenters. The molecule has 220 valence electrons. The summed E-state index contributed by atoms with van der Waals surface area (Å²) < 4.78 is 40.1. The Morgan fingerprint density at radius 2 is 1.73 bits per heavy atom. The van der Waals surface area contributed by atoms with Gasteiger partial charge in [0.2, 0.25) is 5.91 Å². The van der Waals surface area contributed by atoms with Crippen LogP contribution >= 0.6 is 0 Å². The van der Waals surface area contributed by atoms with Crippen LogP contribution in [0.4, 0.5) is 30.4 Å². The van der Waals surface area contributed by atoms with Gasteiger partial charge in [-0.2, -0.15) is 18.4 Å². The lowest BCUT2D eigenvalue weighted by Crippen LogP contribution is -2.52. The topological polar surface area (TPSA) is 87.5 Å². The van der Waals surface area contributed by atoms with Crippen LogP contribution in [-0.4, -0.2) is 74.2 Å². The number of halogens is 3. The average molecular weight is 570 g/mol. The zero-order valence-electron chi connectivity index (χ0n) is 23.5. The smallest absolute Gasteiger partial charge is 0.371 e. The summed E-state index contributed by atoms with van der Waals surface area (Å²) in [7, 11) is 0. The van der Waals surface area contributed by atoms with Gasteiger partial charge in [0, 0.05) is 70.0 Å². The predicted octanol–water partition coefficient (Wildman–Crippen LogP) is 4.34. The molecule has 0 radical (unpaired) electrons. The van der Waals surface area contributed by atoms with E-state index in [1.54, 1.807) is 6.07 Å². The van der Waals surface area contributed by atoms with Crippen LogP contribution in [0, 0.1) is 23.2 Å². The van der Waals surface area contributed by atoms with E-state index in [2.05, 4.69) is 32.3 Å². The molecular weight excluding hydrogens is 531 g/mol. The number of piperidine rings is 2. The summed E-state index contributed by atoms with van der Waals surface area (Å²) in [5.41, 5.74) is 0.154. The normalized spacial score (nSPS) is 21.5. The lowest BCUT2D eigenvalue weighted by Gasteiger charge is -2.39. The monoisotopic (exact) mass is 569 g/mol. The maximum absolute atomic E-state index is 13.4. The molecule has 1 amide bonds. The van der Waals surface area contributed by atoms with Crippen LogP contribution in [0.5, 0.6) is 0 Å². The van der Waals surface area contributed by atoms with Crippen LogP contribution in [0.3, 0.4) is 0 Å². The number of carbonyl (C=O) groups is 1. The van der Waals surface area contributed by atoms with E-state index in [1.165, 1.54) is 18.7 Å². The van der Waals surface area contributed by atoms with Gasteiger partial charge < -0.3 is 20.4 Å². The molecule has 1 unspecified atom stereocenters. The highest BCUT2D eigenvalue weighted by Crippen LogP contribution is 2.35. The SMILES string of the molecule is CC1CNCCN1CC1CCN(c2ccc(NC(=O)C3CCN(c4ccc(C#N)c(C(F)(F)F)c4)CC3)nc2)CC1. The fourth-order valence-corrected chi connectivity index (χ4v) is 6.20. The van der Waals surface area contributed by atoms with Crippen molar-refractivity contribution in [1.82, 2.24) is 15.2 Å². The first-order valence-electron chi connectivity index (χ1n) is 14.5. The van der Waals surface area contributed by atoms with Crippen LogP contribution in [0.25, 0.3) is 0 Å². The summed E-state index contributed by atoms with van der Waals surface area (Å²) in [4.78, 5) is 24.2. The molecule has 8 nitrogen and oxygen atoms in total. The number of alkyl halides is 3. The second-order valence-electron chi connectivity index (χ2n) is 11.5. The molecule has 3 aliphatic rings. The molecule has 0 saturated carbocycles. The van der Waals surface area contributed by atoms with Crippen LogP contribution in [0.15, 0.2) is 36.5 Å². The number of rotatable bonds is 6. The van der Waals surface area contributed by atoms with E-state index in [0.717, 1.165) is 57.3 Å². The Morgan fingerprint density at radius 1 is 1.05 bits per heavy atom. The maximum Gasteiger partial charge on any atom is 0.417 e. The highest BCUT2D eigenvalue weighted by molar-refractivity contribution is 5.92. The number of anilines is 3. The average Bonchev–Trinajstić information content (AvgIpc) is 2.98. The fraction of sp³-hybridized carbons (Fsp3) is 0.567. The molecule has 41 heavy (non-hydrogen) atoms. The number of nitrogens with zero attached hydrogens (tertiary/aromatic N) is 5. The Morgan fingerprint density at radius 3 is 2.37 bits per heavy atom. The molecule has 3 saturated heterocycles. The van der Waals surface area contributed by atoms with Crippen molar-refractivity contribution in [1.29, 1.82) is 5.26 Å². The summed E-state index contributed by atoms with van der Waals surface area (Å²) in [5, 5.41) is 15.4. The summed E-state index contributed by atoms with van der Waals surface area (Å²) in [6, 6.07) is 9.83. The number of piperazine rings is 1. The van der Waals surface area contributed by atoms with Crippen molar-refractivity contribution >= 4 is 23.1 Å². The predicted molar refractivity (Wildman–Crippen MR) is 153 cm³/mol. The molecule has 0 aliphatic carbocycles. The minimum atomic E-state index is -4.60. The van der Waals surface area contributed by atoms with Crippen LogP contribution in [0.2, 0.25) is 0 Å². The fourth-order valence-electron chi connectivity index (χ4n) is 6.20. The third-order valence-corrected chi connectivity index (χ3v) is 8.77. The molecule has 5 rings (SSSR count). The molecule has 0 spiro atoms. The number of amides is 1. The van der Waals surface area contributed by atoms with Crippen LogP contribution in [-0.2, 0) is 11.0 Å². The van der Waals surface area contributed by atoms with Gasteiger partial charge in [-0.1, -0.05) is 0 Å². The van der Waals surface area contributed by atoms with Gasteiger partial charge in [0.05, 0.1) is 29.1 Å². The zero-order chi connectivity index (χ0) is 29.0. The van der Waals surface area contributed by atoms with E-state index in [9.17, 15) is 18.0 Å². The van der Waals surface area contributed by atoms with Gasteiger partial charge in [-0.15, -0.1) is 0 Å². The molecule has 3 fully saturated rings. The van der Waals surface area contributed by atoms with E-state index in [-0.39, 0.29) is 17.4 Å². The quantitative estimate of drug-likeness (QED) is 0.535. The Hall–Kier alpha value is -3.36. The minimum Gasteiger partial charge on any atom is -0.371 e. The number of hydrogen-bond acceptors (Lipinski definition) is 7. The molecule has 0 bridgehead atoms. The second kappa shape index (κ2) is 12.7. The number of carbonyl (C=O) groups excluding carboxylic acids is 1. The van der Waals surface area contributed by atoms with Gasteiger partial charge in [0.25, 0.3) is 0 Å². The largest absolute Gasteiger partial charge is 0.417 e. The number of nitriles is 1. The van der Waals surface area contributed by atoms with Crippen molar-refractivity contribution in [3.63, 3.8) is 0 Å². The van der Waals surface area contributed by atoms with E-state index in [1.807, 2.05) is 23.2 Å². The van der Waals surface area contributed by atoms with Crippen molar-refractivity contribution in [2.45, 2.75) is 44.8 Å². The number of pyridine rings is 1. The Labute approximate surface area is 239 Å². The lowest BCUT2D eigenvalue weighted by molar-refractivity contribution is -0.137. The van der Waals surface area contributed by atoms with Crippen molar-refractivity contribution in [3.8, 4) is 6.07 Å². The van der Waals surface area contributed by atoms with Crippen LogP contribution in [0.1, 0.15) is 43.7 Å². The molecular formula is C30H38F3N7O. The molecule has 11 heteroatoms. The zero-order valence-corrected chi connectivity index (χ0v) is 23.5. The summed E-state index contributed by atoms with van der Waals surface area (Å²) in [6.45, 7) is 9.64. The van der Waals surface area contributed by atoms with Gasteiger partial charge in [0.15, 0.2) is 0 Å². The van der Waals surface area contributed by atoms with Crippen molar-refractivity contribution < 1.29 is 18.0 Å². The van der Waals surface area contributed by atoms with Crippen LogP contribution < -0.4 is 20.4 Å². The van der Waals surface area contributed by atoms with E-state index < -0.39 is 11.7 Å². The molecule has 1 aromatic carbocycles. The molecule has 2 N–H and O–H groups in total. The molecule has 2 aromatic rings. The highest BCUT2D eigenvalue weighted by atomic mass is 19.4. The van der Waals surface area contributed by atoms with Crippen molar-refractivity contribution in [2.75, 3.05) is 67.5 Å². The third kappa shape index (κ3) is 7.11. The van der Waals surface area contributed by atoms with Gasteiger partial charge in [-0.25, -0.2) is 4.98 Å². The number of hydrogen-bond donors (Lipinski definition) is 2. The summed E-state index contributed by atoms with van der Waals surface area (Å²) >= 11 is 0. The lowest BCUT2D eigenvalue weighted by atomic mass is 9.95. The Bertz CT molecular complexity index is 1230. The maximum atomic E-state index is 13.4. The summed E-state index contributed by atoms with van der Waals surface area (Å²) in [5.74, 6) is 0.855. The first-order chi connectivity index (χ1) is 19.7. The van der Waals surface area contributed by atoms with E-state index >= 15 is 0 Å². The number of benzene rings is 1. The van der Waals surface area contributed by atoms with Gasteiger partial charge >= 0.3 is 6.18 Å². The number of nitrogens with one attached hydrogen (secondary N) is 2. The standard InChI is InChI=1S/C30H38F3N7O/c1-21-18-35-10-15-40(21)20-22-6-11-39(12-7-22)26-4-5-28(36-19-26)37-29(41)23-8-13-38(14-9-23)25-3-2-24(17-34)27(16-25)30(31,32)33/h2-5,16,19,21-23,35H,6-15,18,20H2,1H3,(H,36,37,41).